The minimum absolute atomic E-state index is 0.0323. The standard InChI is InChI=1S/C15H20N2O4/c1-17(9-14(18)16-10-4-5-10)15(19)12-7-6-11(20-2)8-13(12)21-3/h6-8,10H,4-5,9H2,1-3H3,(H,16,18). The van der Waals surface area contributed by atoms with Crippen molar-refractivity contribution in [3.8, 4) is 11.5 Å². The fraction of sp³-hybridized carbons (Fsp3) is 0.467. The van der Waals surface area contributed by atoms with Crippen molar-refractivity contribution in [1.82, 2.24) is 10.2 Å². The molecule has 6 heteroatoms. The van der Waals surface area contributed by atoms with E-state index in [0.717, 1.165) is 12.8 Å². The number of likely N-dealkylation sites (N-methyl/N-ethyl adjacent to an activating group) is 1. The molecule has 0 aromatic heterocycles. The van der Waals surface area contributed by atoms with Crippen LogP contribution in [-0.4, -0.2) is 50.6 Å². The number of nitrogens with one attached hydrogen (secondary N) is 1. The molecule has 1 fully saturated rings. The molecule has 6 nitrogen and oxygen atoms in total. The van der Waals surface area contributed by atoms with Crippen molar-refractivity contribution >= 4 is 11.8 Å². The Hall–Kier alpha value is -2.24. The molecule has 1 aromatic rings. The average molecular weight is 292 g/mol. The lowest BCUT2D eigenvalue weighted by atomic mass is 10.1. The number of methoxy groups -OCH3 is 2. The summed E-state index contributed by atoms with van der Waals surface area (Å²) in [6.45, 7) is 0.0323. The summed E-state index contributed by atoms with van der Waals surface area (Å²) in [4.78, 5) is 25.5. The van der Waals surface area contributed by atoms with E-state index < -0.39 is 0 Å². The summed E-state index contributed by atoms with van der Waals surface area (Å²) in [5, 5.41) is 2.85. The highest BCUT2D eigenvalue weighted by Crippen LogP contribution is 2.25. The number of carbonyl (C=O) groups excluding carboxylic acids is 2. The van der Waals surface area contributed by atoms with Crippen molar-refractivity contribution in [2.24, 2.45) is 0 Å². The number of nitrogens with zero attached hydrogens (tertiary/aromatic N) is 1. The Kier molecular flexibility index (Phi) is 4.67. The maximum Gasteiger partial charge on any atom is 0.257 e. The Balaban J connectivity index is 2.05. The summed E-state index contributed by atoms with van der Waals surface area (Å²) in [5.41, 5.74) is 0.403. The predicted molar refractivity (Wildman–Crippen MR) is 77.7 cm³/mol. The zero-order chi connectivity index (χ0) is 15.4. The lowest BCUT2D eigenvalue weighted by Gasteiger charge is -2.18. The van der Waals surface area contributed by atoms with Gasteiger partial charge in [0.1, 0.15) is 11.5 Å². The number of hydrogen-bond donors (Lipinski definition) is 1. The summed E-state index contributed by atoms with van der Waals surface area (Å²) in [6, 6.07) is 5.26. The SMILES string of the molecule is COc1ccc(C(=O)N(C)CC(=O)NC2CC2)c(OC)c1. The lowest BCUT2D eigenvalue weighted by molar-refractivity contribution is -0.121. The van der Waals surface area contributed by atoms with Crippen LogP contribution >= 0.6 is 0 Å². The van der Waals surface area contributed by atoms with Gasteiger partial charge in [0.15, 0.2) is 0 Å². The minimum Gasteiger partial charge on any atom is -0.497 e. The van der Waals surface area contributed by atoms with E-state index in [0.29, 0.717) is 17.1 Å². The molecule has 0 bridgehead atoms. The molecule has 1 aromatic carbocycles. The molecule has 0 spiro atoms. The Morgan fingerprint density at radius 1 is 1.29 bits per heavy atom. The van der Waals surface area contributed by atoms with Crippen LogP contribution in [0.3, 0.4) is 0 Å². The fourth-order valence-electron chi connectivity index (χ4n) is 1.97. The summed E-state index contributed by atoms with van der Waals surface area (Å²) < 4.78 is 10.3. The molecule has 2 amide bonds. The van der Waals surface area contributed by atoms with E-state index in [1.54, 1.807) is 32.4 Å². The van der Waals surface area contributed by atoms with Gasteiger partial charge in [0.05, 0.1) is 26.3 Å². The van der Waals surface area contributed by atoms with Crippen molar-refractivity contribution in [3.63, 3.8) is 0 Å². The average Bonchev–Trinajstić information content (AvgIpc) is 3.29. The molecule has 1 saturated carbocycles. The van der Waals surface area contributed by atoms with Gasteiger partial charge in [0, 0.05) is 19.2 Å². The molecule has 1 aliphatic carbocycles. The smallest absolute Gasteiger partial charge is 0.257 e. The summed E-state index contributed by atoms with van der Waals surface area (Å²) in [5.74, 6) is 0.632. The van der Waals surface area contributed by atoms with Gasteiger partial charge >= 0.3 is 0 Å². The molecule has 0 atom stereocenters. The number of ether oxygens (including phenoxy) is 2. The molecule has 1 aliphatic rings. The molecule has 1 N–H and O–H groups in total. The number of hydrogen-bond acceptors (Lipinski definition) is 4. The number of carbonyl (C=O) groups is 2. The molecule has 21 heavy (non-hydrogen) atoms. The Labute approximate surface area is 124 Å². The lowest BCUT2D eigenvalue weighted by Crippen LogP contribution is -2.39. The largest absolute Gasteiger partial charge is 0.497 e. The van der Waals surface area contributed by atoms with Crippen LogP contribution in [0.2, 0.25) is 0 Å². The molecule has 0 radical (unpaired) electrons. The van der Waals surface area contributed by atoms with E-state index >= 15 is 0 Å². The molecule has 2 rings (SSSR count). The van der Waals surface area contributed by atoms with Crippen molar-refractivity contribution in [3.05, 3.63) is 23.8 Å². The molecule has 114 valence electrons. The first kappa shape index (κ1) is 15.2. The van der Waals surface area contributed by atoms with Crippen molar-refractivity contribution < 1.29 is 19.1 Å². The van der Waals surface area contributed by atoms with Crippen molar-refractivity contribution in [1.29, 1.82) is 0 Å². The van der Waals surface area contributed by atoms with Gasteiger partial charge in [-0.15, -0.1) is 0 Å². The van der Waals surface area contributed by atoms with E-state index in [2.05, 4.69) is 5.32 Å². The van der Waals surface area contributed by atoms with Gasteiger partial charge in [0.2, 0.25) is 5.91 Å². The summed E-state index contributed by atoms with van der Waals surface area (Å²) in [6.07, 6.45) is 2.05. The first-order chi connectivity index (χ1) is 10.0. The van der Waals surface area contributed by atoms with Crippen molar-refractivity contribution in [2.75, 3.05) is 27.8 Å². The monoisotopic (exact) mass is 292 g/mol. The third-order valence-electron chi connectivity index (χ3n) is 3.31. The van der Waals surface area contributed by atoms with Gasteiger partial charge in [-0.05, 0) is 25.0 Å². The summed E-state index contributed by atoms with van der Waals surface area (Å²) in [7, 11) is 4.63. The van der Waals surface area contributed by atoms with Gasteiger partial charge in [0.25, 0.3) is 5.91 Å². The maximum atomic E-state index is 12.4. The van der Waals surface area contributed by atoms with E-state index in [1.165, 1.54) is 12.0 Å². The third-order valence-corrected chi connectivity index (χ3v) is 3.31. The van der Waals surface area contributed by atoms with Gasteiger partial charge in [-0.3, -0.25) is 9.59 Å². The van der Waals surface area contributed by atoms with Crippen LogP contribution in [0.4, 0.5) is 0 Å². The molecule has 0 aliphatic heterocycles. The van der Waals surface area contributed by atoms with Gasteiger partial charge in [-0.25, -0.2) is 0 Å². The van der Waals surface area contributed by atoms with E-state index in [1.807, 2.05) is 0 Å². The number of benzene rings is 1. The number of rotatable bonds is 6. The zero-order valence-corrected chi connectivity index (χ0v) is 12.5. The van der Waals surface area contributed by atoms with Crippen LogP contribution in [0.5, 0.6) is 11.5 Å². The Morgan fingerprint density at radius 3 is 2.57 bits per heavy atom. The summed E-state index contributed by atoms with van der Waals surface area (Å²) >= 11 is 0. The first-order valence-corrected chi connectivity index (χ1v) is 6.82. The predicted octanol–water partition coefficient (Wildman–Crippen LogP) is 1.05. The molecule has 0 saturated heterocycles. The topological polar surface area (TPSA) is 67.9 Å². The van der Waals surface area contributed by atoms with Crippen LogP contribution in [0, 0.1) is 0 Å². The minimum atomic E-state index is -0.263. The van der Waals surface area contributed by atoms with E-state index in [-0.39, 0.29) is 24.4 Å². The third kappa shape index (κ3) is 3.87. The highest BCUT2D eigenvalue weighted by atomic mass is 16.5. The Morgan fingerprint density at radius 2 is 2.00 bits per heavy atom. The molecular weight excluding hydrogens is 272 g/mol. The van der Waals surface area contributed by atoms with Crippen LogP contribution in [0.15, 0.2) is 18.2 Å². The second-order valence-electron chi connectivity index (χ2n) is 5.07. The number of amides is 2. The molecular formula is C15H20N2O4. The van der Waals surface area contributed by atoms with E-state index in [9.17, 15) is 9.59 Å². The van der Waals surface area contributed by atoms with Gasteiger partial charge in [-0.2, -0.15) is 0 Å². The van der Waals surface area contributed by atoms with E-state index in [4.69, 9.17) is 9.47 Å². The Bertz CT molecular complexity index is 540. The van der Waals surface area contributed by atoms with Crippen LogP contribution < -0.4 is 14.8 Å². The maximum absolute atomic E-state index is 12.4. The van der Waals surface area contributed by atoms with Crippen molar-refractivity contribution in [2.45, 2.75) is 18.9 Å². The second kappa shape index (κ2) is 6.47. The zero-order valence-electron chi connectivity index (χ0n) is 12.5. The van der Waals surface area contributed by atoms with Crippen LogP contribution in [0.1, 0.15) is 23.2 Å². The normalized spacial score (nSPS) is 13.5. The van der Waals surface area contributed by atoms with Crippen LogP contribution in [0.25, 0.3) is 0 Å². The highest BCUT2D eigenvalue weighted by Gasteiger charge is 2.25. The fourth-order valence-corrected chi connectivity index (χ4v) is 1.97. The van der Waals surface area contributed by atoms with Crippen LogP contribution in [-0.2, 0) is 4.79 Å². The first-order valence-electron chi connectivity index (χ1n) is 6.82. The van der Waals surface area contributed by atoms with Gasteiger partial charge < -0.3 is 19.7 Å². The quantitative estimate of drug-likeness (QED) is 0.851. The second-order valence-corrected chi connectivity index (χ2v) is 5.07. The molecule has 0 unspecified atom stereocenters. The van der Waals surface area contributed by atoms with Gasteiger partial charge in [-0.1, -0.05) is 0 Å². The highest BCUT2D eigenvalue weighted by molar-refractivity contribution is 5.98. The molecule has 0 heterocycles.